The molecular weight excluding hydrogens is 346 g/mol. The van der Waals surface area contributed by atoms with Gasteiger partial charge in [0.15, 0.2) is 10.2 Å². The van der Waals surface area contributed by atoms with Gasteiger partial charge < -0.3 is 10.6 Å². The molecule has 0 bridgehead atoms. The lowest BCUT2D eigenvalue weighted by Crippen LogP contribution is -2.30. The van der Waals surface area contributed by atoms with Crippen molar-refractivity contribution in [3.05, 3.63) is 72.3 Å². The van der Waals surface area contributed by atoms with Gasteiger partial charge in [-0.05, 0) is 47.1 Å². The minimum Gasteiger partial charge on any atom is -0.362 e. The summed E-state index contributed by atoms with van der Waals surface area (Å²) >= 11 is 6.98. The van der Waals surface area contributed by atoms with E-state index in [9.17, 15) is 0 Å². The Balaban J connectivity index is 1.33. The molecule has 1 heterocycles. The Morgan fingerprint density at radius 3 is 2.64 bits per heavy atom. The van der Waals surface area contributed by atoms with Crippen molar-refractivity contribution in [2.24, 2.45) is 0 Å². The SMILES string of the molecule is S=C(NCCc1ccc2ccccc2c1)Nc1nc2ccccc2s1. The maximum absolute atomic E-state index is 5.38. The number of nitrogens with one attached hydrogen (secondary N) is 2. The summed E-state index contributed by atoms with van der Waals surface area (Å²) < 4.78 is 1.16. The fourth-order valence-corrected chi connectivity index (χ4v) is 3.92. The van der Waals surface area contributed by atoms with Crippen molar-refractivity contribution in [1.29, 1.82) is 0 Å². The molecule has 0 atom stereocenters. The van der Waals surface area contributed by atoms with Gasteiger partial charge in [0.05, 0.1) is 10.2 Å². The first-order valence-electron chi connectivity index (χ1n) is 8.16. The fraction of sp³-hybridized carbons (Fsp3) is 0.100. The summed E-state index contributed by atoms with van der Waals surface area (Å²) in [6, 6.07) is 23.1. The summed E-state index contributed by atoms with van der Waals surface area (Å²) in [5, 5.41) is 10.4. The molecule has 3 nitrogen and oxygen atoms in total. The van der Waals surface area contributed by atoms with Crippen molar-refractivity contribution in [3.63, 3.8) is 0 Å². The lowest BCUT2D eigenvalue weighted by Gasteiger charge is -2.09. The Bertz CT molecular complexity index is 1010. The van der Waals surface area contributed by atoms with Crippen LogP contribution < -0.4 is 10.6 Å². The maximum Gasteiger partial charge on any atom is 0.190 e. The van der Waals surface area contributed by atoms with Gasteiger partial charge in [0.25, 0.3) is 0 Å². The van der Waals surface area contributed by atoms with Gasteiger partial charge in [0.2, 0.25) is 0 Å². The summed E-state index contributed by atoms with van der Waals surface area (Å²) in [6.45, 7) is 0.787. The molecule has 0 fully saturated rings. The zero-order chi connectivity index (χ0) is 17.1. The van der Waals surface area contributed by atoms with Crippen LogP contribution in [-0.2, 0) is 6.42 Å². The average molecular weight is 364 g/mol. The molecule has 2 N–H and O–H groups in total. The maximum atomic E-state index is 5.38. The third kappa shape index (κ3) is 3.78. The Kier molecular flexibility index (Phi) is 4.59. The average Bonchev–Trinajstić information content (AvgIpc) is 3.03. The number of nitrogens with zero attached hydrogens (tertiary/aromatic N) is 1. The highest BCUT2D eigenvalue weighted by Gasteiger charge is 2.04. The zero-order valence-electron chi connectivity index (χ0n) is 13.5. The van der Waals surface area contributed by atoms with Crippen molar-refractivity contribution < 1.29 is 0 Å². The Morgan fingerprint density at radius 1 is 0.960 bits per heavy atom. The molecule has 25 heavy (non-hydrogen) atoms. The summed E-state index contributed by atoms with van der Waals surface area (Å²) in [4.78, 5) is 4.53. The molecule has 4 aromatic rings. The summed E-state index contributed by atoms with van der Waals surface area (Å²) in [7, 11) is 0. The van der Waals surface area contributed by atoms with Gasteiger partial charge in [-0.25, -0.2) is 4.98 Å². The molecule has 0 aliphatic rings. The van der Waals surface area contributed by atoms with Crippen molar-refractivity contribution in [1.82, 2.24) is 10.3 Å². The molecule has 0 radical (unpaired) electrons. The molecule has 5 heteroatoms. The molecule has 3 aromatic carbocycles. The quantitative estimate of drug-likeness (QED) is 0.502. The molecule has 0 saturated carbocycles. The first kappa shape index (κ1) is 16.0. The highest BCUT2D eigenvalue weighted by molar-refractivity contribution is 7.80. The van der Waals surface area contributed by atoms with E-state index < -0.39 is 0 Å². The second-order valence-corrected chi connectivity index (χ2v) is 7.24. The summed E-state index contributed by atoms with van der Waals surface area (Å²) in [5.74, 6) is 0. The Hall–Kier alpha value is -2.50. The van der Waals surface area contributed by atoms with Gasteiger partial charge >= 0.3 is 0 Å². The first-order valence-corrected chi connectivity index (χ1v) is 9.38. The Morgan fingerprint density at radius 2 is 1.76 bits per heavy atom. The van der Waals surface area contributed by atoms with Crippen LogP contribution in [0.2, 0.25) is 0 Å². The molecule has 4 rings (SSSR count). The number of rotatable bonds is 4. The van der Waals surface area contributed by atoms with Gasteiger partial charge in [-0.1, -0.05) is 65.9 Å². The van der Waals surface area contributed by atoms with E-state index in [-0.39, 0.29) is 0 Å². The van der Waals surface area contributed by atoms with Crippen LogP contribution in [-0.4, -0.2) is 16.6 Å². The summed E-state index contributed by atoms with van der Waals surface area (Å²) in [6.07, 6.45) is 0.923. The standard InChI is InChI=1S/C20H17N3S2/c24-19(23-20-22-17-7-3-4-8-18(17)25-20)21-12-11-14-9-10-15-5-1-2-6-16(15)13-14/h1-10,13H,11-12H2,(H2,21,22,23,24). The van der Waals surface area contributed by atoms with Crippen LogP contribution in [0.4, 0.5) is 5.13 Å². The number of anilines is 1. The minimum atomic E-state index is 0.611. The van der Waals surface area contributed by atoms with E-state index in [4.69, 9.17) is 12.2 Å². The minimum absolute atomic E-state index is 0.611. The van der Waals surface area contributed by atoms with Gasteiger partial charge in [-0.15, -0.1) is 0 Å². The van der Waals surface area contributed by atoms with Gasteiger partial charge in [-0.2, -0.15) is 0 Å². The van der Waals surface area contributed by atoms with Crippen LogP contribution in [0.5, 0.6) is 0 Å². The molecule has 0 unspecified atom stereocenters. The van der Waals surface area contributed by atoms with Gasteiger partial charge in [-0.3, -0.25) is 0 Å². The fourth-order valence-electron chi connectivity index (χ4n) is 2.78. The summed E-state index contributed by atoms with van der Waals surface area (Å²) in [5.41, 5.74) is 2.29. The number of fused-ring (bicyclic) bond motifs is 2. The Labute approximate surface area is 155 Å². The lowest BCUT2D eigenvalue weighted by atomic mass is 10.1. The zero-order valence-corrected chi connectivity index (χ0v) is 15.2. The van der Waals surface area contributed by atoms with Gasteiger partial charge in [0.1, 0.15) is 0 Å². The third-order valence-electron chi connectivity index (χ3n) is 4.03. The second kappa shape index (κ2) is 7.17. The third-order valence-corrected chi connectivity index (χ3v) is 5.23. The van der Waals surface area contributed by atoms with Crippen LogP contribution in [0.1, 0.15) is 5.56 Å². The van der Waals surface area contributed by atoms with Crippen LogP contribution in [0.25, 0.3) is 21.0 Å². The van der Waals surface area contributed by atoms with E-state index in [1.807, 2.05) is 18.2 Å². The van der Waals surface area contributed by atoms with Crippen LogP contribution >= 0.6 is 23.6 Å². The highest BCUT2D eigenvalue weighted by atomic mass is 32.1. The molecule has 0 saturated heterocycles. The van der Waals surface area contributed by atoms with E-state index in [0.717, 1.165) is 28.3 Å². The number of benzene rings is 3. The van der Waals surface area contributed by atoms with Crippen LogP contribution in [0.3, 0.4) is 0 Å². The van der Waals surface area contributed by atoms with Crippen molar-refractivity contribution >= 4 is 54.8 Å². The molecule has 0 spiro atoms. The molecule has 1 aromatic heterocycles. The number of thiocarbonyl (C=S) groups is 1. The molecule has 124 valence electrons. The monoisotopic (exact) mass is 363 g/mol. The molecule has 0 amide bonds. The van der Waals surface area contributed by atoms with Crippen LogP contribution in [0, 0.1) is 0 Å². The highest BCUT2D eigenvalue weighted by Crippen LogP contribution is 2.25. The predicted octanol–water partition coefficient (Wildman–Crippen LogP) is 4.98. The van der Waals surface area contributed by atoms with E-state index in [1.165, 1.54) is 16.3 Å². The topological polar surface area (TPSA) is 37.0 Å². The second-order valence-electron chi connectivity index (χ2n) is 5.80. The van der Waals surface area contributed by atoms with Crippen molar-refractivity contribution in [2.75, 3.05) is 11.9 Å². The molecule has 0 aliphatic carbocycles. The number of hydrogen-bond acceptors (Lipinski definition) is 3. The van der Waals surface area contributed by atoms with Crippen LogP contribution in [0.15, 0.2) is 66.7 Å². The van der Waals surface area contributed by atoms with Gasteiger partial charge in [0, 0.05) is 6.54 Å². The molecular formula is C20H17N3S2. The largest absolute Gasteiger partial charge is 0.362 e. The number of aromatic nitrogens is 1. The predicted molar refractivity (Wildman–Crippen MR) is 111 cm³/mol. The number of hydrogen-bond donors (Lipinski definition) is 2. The lowest BCUT2D eigenvalue weighted by molar-refractivity contribution is 0.874. The van der Waals surface area contributed by atoms with E-state index >= 15 is 0 Å². The molecule has 0 aliphatic heterocycles. The number of thiazole rings is 1. The van der Waals surface area contributed by atoms with E-state index in [1.54, 1.807) is 11.3 Å². The first-order chi connectivity index (χ1) is 12.3. The number of para-hydroxylation sites is 1. The van der Waals surface area contributed by atoms with E-state index in [2.05, 4.69) is 64.1 Å². The van der Waals surface area contributed by atoms with Crippen molar-refractivity contribution in [3.8, 4) is 0 Å². The normalized spacial score (nSPS) is 10.9. The van der Waals surface area contributed by atoms with E-state index in [0.29, 0.717) is 5.11 Å². The smallest absolute Gasteiger partial charge is 0.190 e. The van der Waals surface area contributed by atoms with Crippen molar-refractivity contribution in [2.45, 2.75) is 6.42 Å².